The Morgan fingerprint density at radius 2 is 2.26 bits per heavy atom. The van der Waals surface area contributed by atoms with Crippen molar-refractivity contribution in [2.75, 3.05) is 6.61 Å². The van der Waals surface area contributed by atoms with Crippen LogP contribution in [0.1, 0.15) is 43.0 Å². The van der Waals surface area contributed by atoms with Gasteiger partial charge in [0.25, 0.3) is 0 Å². The first-order valence-corrected chi connectivity index (χ1v) is 7.64. The molecule has 5 heteroatoms. The van der Waals surface area contributed by atoms with Gasteiger partial charge >= 0.3 is 0 Å². The van der Waals surface area contributed by atoms with E-state index in [-0.39, 0.29) is 17.7 Å². The van der Waals surface area contributed by atoms with Crippen molar-refractivity contribution in [3.05, 3.63) is 22.9 Å². The maximum Gasteiger partial charge on any atom is 0.125 e. The van der Waals surface area contributed by atoms with Gasteiger partial charge in [-0.05, 0) is 43.7 Å². The lowest BCUT2D eigenvalue weighted by Crippen LogP contribution is -2.17. The average Bonchev–Trinajstić information content (AvgIpc) is 2.38. The molecule has 1 aromatic rings. The van der Waals surface area contributed by atoms with Gasteiger partial charge in [0.15, 0.2) is 0 Å². The summed E-state index contributed by atoms with van der Waals surface area (Å²) in [5, 5.41) is 17.8. The van der Waals surface area contributed by atoms with Crippen LogP contribution in [0.4, 0.5) is 0 Å². The van der Waals surface area contributed by atoms with Crippen LogP contribution in [0.15, 0.2) is 11.1 Å². The molecular formula is C14H21N3OS. The molecule has 0 spiro atoms. The molecule has 0 saturated heterocycles. The van der Waals surface area contributed by atoms with E-state index in [2.05, 4.69) is 6.92 Å². The van der Waals surface area contributed by atoms with Crippen LogP contribution >= 0.6 is 11.8 Å². The minimum Gasteiger partial charge on any atom is -0.396 e. The van der Waals surface area contributed by atoms with E-state index in [9.17, 15) is 0 Å². The summed E-state index contributed by atoms with van der Waals surface area (Å²) in [6.07, 6.45) is 5.17. The van der Waals surface area contributed by atoms with E-state index >= 15 is 0 Å². The van der Waals surface area contributed by atoms with Crippen molar-refractivity contribution in [2.24, 2.45) is 5.73 Å². The minimum absolute atomic E-state index is 0.0829. The Balaban J connectivity index is 2.31. The van der Waals surface area contributed by atoms with Crippen molar-refractivity contribution in [1.29, 1.82) is 5.41 Å². The van der Waals surface area contributed by atoms with Gasteiger partial charge < -0.3 is 10.8 Å². The van der Waals surface area contributed by atoms with Crippen LogP contribution in [0, 0.1) is 5.41 Å². The van der Waals surface area contributed by atoms with Gasteiger partial charge in [0, 0.05) is 23.1 Å². The number of hydrogen-bond donors (Lipinski definition) is 3. The van der Waals surface area contributed by atoms with Crippen LogP contribution in [0.2, 0.25) is 0 Å². The molecule has 0 amide bonds. The van der Waals surface area contributed by atoms with E-state index in [0.29, 0.717) is 0 Å². The molecule has 0 saturated carbocycles. The molecule has 1 heterocycles. The second kappa shape index (κ2) is 6.39. The van der Waals surface area contributed by atoms with E-state index < -0.39 is 0 Å². The lowest BCUT2D eigenvalue weighted by Gasteiger charge is -2.19. The third-order valence-corrected chi connectivity index (χ3v) is 4.58. The maximum atomic E-state index is 8.98. The Morgan fingerprint density at radius 1 is 1.53 bits per heavy atom. The van der Waals surface area contributed by atoms with Gasteiger partial charge in [0.1, 0.15) is 10.9 Å². The number of pyridine rings is 1. The number of aliphatic hydroxyl groups is 1. The van der Waals surface area contributed by atoms with E-state index in [1.54, 1.807) is 11.8 Å². The number of aryl methyl sites for hydroxylation is 2. The lowest BCUT2D eigenvalue weighted by atomic mass is 9.95. The van der Waals surface area contributed by atoms with Gasteiger partial charge in [-0.25, -0.2) is 4.98 Å². The summed E-state index contributed by atoms with van der Waals surface area (Å²) in [4.78, 5) is 4.72. The molecule has 0 aliphatic heterocycles. The highest BCUT2D eigenvalue weighted by Gasteiger charge is 2.18. The Labute approximate surface area is 118 Å². The highest BCUT2D eigenvalue weighted by atomic mass is 32.2. The van der Waals surface area contributed by atoms with Gasteiger partial charge in [0.05, 0.1) is 0 Å². The fourth-order valence-electron chi connectivity index (χ4n) is 2.33. The smallest absolute Gasteiger partial charge is 0.125 e. The Morgan fingerprint density at radius 3 is 2.95 bits per heavy atom. The fraction of sp³-hybridized carbons (Fsp3) is 0.571. The van der Waals surface area contributed by atoms with Crippen molar-refractivity contribution >= 4 is 17.6 Å². The van der Waals surface area contributed by atoms with Gasteiger partial charge in [-0.15, -0.1) is 11.8 Å². The standard InChI is InChI=1S/C14H21N3OS/c1-9(6-7-18)19-14-11(13(15)16)8-10-4-2-3-5-12(10)17-14/h8-9,18H,2-7H2,1H3,(H3,15,16). The normalized spacial score (nSPS) is 15.9. The number of nitrogens with one attached hydrogen (secondary N) is 1. The summed E-state index contributed by atoms with van der Waals surface area (Å²) < 4.78 is 0. The highest BCUT2D eigenvalue weighted by molar-refractivity contribution is 7.99. The SMILES string of the molecule is CC(CCO)Sc1nc2c(cc1C(=N)N)CCCC2. The number of hydrogen-bond acceptors (Lipinski definition) is 4. The topological polar surface area (TPSA) is 83.0 Å². The van der Waals surface area contributed by atoms with Crippen molar-refractivity contribution in [3.63, 3.8) is 0 Å². The van der Waals surface area contributed by atoms with Crippen LogP contribution in [0.25, 0.3) is 0 Å². The number of aliphatic hydroxyl groups excluding tert-OH is 1. The van der Waals surface area contributed by atoms with Crippen molar-refractivity contribution in [3.8, 4) is 0 Å². The number of nitrogens with zero attached hydrogens (tertiary/aromatic N) is 1. The summed E-state index contributed by atoms with van der Waals surface area (Å²) in [5.74, 6) is 0.0829. The zero-order chi connectivity index (χ0) is 13.8. The molecule has 4 nitrogen and oxygen atoms in total. The average molecular weight is 279 g/mol. The largest absolute Gasteiger partial charge is 0.396 e. The number of fused-ring (bicyclic) bond motifs is 1. The molecule has 1 aliphatic carbocycles. The second-order valence-corrected chi connectivity index (χ2v) is 6.44. The molecule has 0 fully saturated rings. The molecule has 0 radical (unpaired) electrons. The summed E-state index contributed by atoms with van der Waals surface area (Å²) in [6, 6.07) is 2.04. The first-order chi connectivity index (χ1) is 9.11. The van der Waals surface area contributed by atoms with Crippen molar-refractivity contribution in [1.82, 2.24) is 4.98 Å². The number of nitrogens with two attached hydrogens (primary N) is 1. The Kier molecular flexibility index (Phi) is 4.82. The number of amidine groups is 1. The fourth-order valence-corrected chi connectivity index (χ4v) is 3.39. The monoisotopic (exact) mass is 279 g/mol. The molecule has 4 N–H and O–H groups in total. The zero-order valence-electron chi connectivity index (χ0n) is 11.3. The van der Waals surface area contributed by atoms with Gasteiger partial charge in [-0.2, -0.15) is 0 Å². The summed E-state index contributed by atoms with van der Waals surface area (Å²) in [5.41, 5.74) is 8.83. The second-order valence-electron chi connectivity index (χ2n) is 5.01. The number of thioether (sulfide) groups is 1. The lowest BCUT2D eigenvalue weighted by molar-refractivity contribution is 0.289. The minimum atomic E-state index is 0.0829. The molecule has 1 aliphatic rings. The van der Waals surface area contributed by atoms with Crippen molar-refractivity contribution in [2.45, 2.75) is 49.3 Å². The third kappa shape index (κ3) is 3.48. The summed E-state index contributed by atoms with van der Waals surface area (Å²) >= 11 is 1.60. The summed E-state index contributed by atoms with van der Waals surface area (Å²) in [6.45, 7) is 2.24. The van der Waals surface area contributed by atoms with Crippen LogP contribution in [0.5, 0.6) is 0 Å². The molecular weight excluding hydrogens is 258 g/mol. The molecule has 2 rings (SSSR count). The van der Waals surface area contributed by atoms with Gasteiger partial charge in [0.2, 0.25) is 0 Å². The number of aromatic nitrogens is 1. The van der Waals surface area contributed by atoms with Crippen molar-refractivity contribution < 1.29 is 5.11 Å². The molecule has 1 aromatic heterocycles. The molecule has 0 aromatic carbocycles. The van der Waals surface area contributed by atoms with E-state index in [0.717, 1.165) is 35.5 Å². The third-order valence-electron chi connectivity index (χ3n) is 3.40. The predicted octanol–water partition coefficient (Wildman–Crippen LogP) is 2.11. The summed E-state index contributed by atoms with van der Waals surface area (Å²) in [7, 11) is 0. The maximum absolute atomic E-state index is 8.98. The quantitative estimate of drug-likeness (QED) is 0.438. The van der Waals surface area contributed by atoms with E-state index in [1.807, 2.05) is 6.07 Å². The van der Waals surface area contributed by atoms with Crippen LogP contribution in [-0.2, 0) is 12.8 Å². The first kappa shape index (κ1) is 14.3. The number of rotatable bonds is 5. The Hall–Kier alpha value is -1.07. The molecule has 104 valence electrons. The van der Waals surface area contributed by atoms with Crippen LogP contribution < -0.4 is 5.73 Å². The van der Waals surface area contributed by atoms with E-state index in [4.69, 9.17) is 21.2 Å². The molecule has 0 bridgehead atoms. The van der Waals surface area contributed by atoms with Gasteiger partial charge in [-0.1, -0.05) is 6.92 Å². The molecule has 1 atom stereocenters. The predicted molar refractivity (Wildman–Crippen MR) is 78.9 cm³/mol. The highest BCUT2D eigenvalue weighted by Crippen LogP contribution is 2.30. The van der Waals surface area contributed by atoms with Crippen LogP contribution in [0.3, 0.4) is 0 Å². The van der Waals surface area contributed by atoms with Gasteiger partial charge in [-0.3, -0.25) is 5.41 Å². The van der Waals surface area contributed by atoms with E-state index in [1.165, 1.54) is 18.4 Å². The zero-order valence-corrected chi connectivity index (χ0v) is 12.1. The number of nitrogen functional groups attached to an aromatic ring is 1. The first-order valence-electron chi connectivity index (χ1n) is 6.76. The molecule has 19 heavy (non-hydrogen) atoms. The Bertz CT molecular complexity index is 476. The van der Waals surface area contributed by atoms with Crippen LogP contribution in [-0.4, -0.2) is 27.8 Å². The molecule has 1 unspecified atom stereocenters.